The Balaban J connectivity index is 1.99. The minimum Gasteiger partial charge on any atom is -0.379 e. The van der Waals surface area contributed by atoms with Crippen LogP contribution in [-0.2, 0) is 24.8 Å². The van der Waals surface area contributed by atoms with Crippen LogP contribution in [0.4, 0.5) is 11.4 Å². The number of morpholine rings is 1. The van der Waals surface area contributed by atoms with E-state index in [0.717, 1.165) is 12.3 Å². The second-order valence-corrected chi connectivity index (χ2v) is 10.8. The van der Waals surface area contributed by atoms with Gasteiger partial charge in [-0.3, -0.25) is 10.1 Å². The number of rotatable bonds is 5. The number of nitrogens with zero attached hydrogens (tertiary/aromatic N) is 4. The monoisotopic (exact) mass is 448 g/mol. The molecule has 0 aliphatic carbocycles. The molecule has 0 amide bonds. The van der Waals surface area contributed by atoms with Gasteiger partial charge in [0.1, 0.15) is 4.90 Å². The van der Waals surface area contributed by atoms with E-state index in [2.05, 4.69) is 0 Å². The molecule has 0 N–H and O–H groups in total. The van der Waals surface area contributed by atoms with Crippen LogP contribution in [0, 0.1) is 10.1 Å². The lowest BCUT2D eigenvalue weighted by Crippen LogP contribution is -2.41. The topological polar surface area (TPSA) is 130 Å². The number of nitro benzene ring substituents is 1. The minimum absolute atomic E-state index is 0.138. The van der Waals surface area contributed by atoms with Gasteiger partial charge in [0, 0.05) is 51.4 Å². The van der Waals surface area contributed by atoms with Gasteiger partial charge in [-0.05, 0) is 12.5 Å². The van der Waals surface area contributed by atoms with E-state index in [1.54, 1.807) is 4.90 Å². The Kier molecular flexibility index (Phi) is 6.43. The van der Waals surface area contributed by atoms with Crippen molar-refractivity contribution < 1.29 is 26.5 Å². The fraction of sp³-hybridized carbons (Fsp3) is 0.625. The van der Waals surface area contributed by atoms with Crippen LogP contribution >= 0.6 is 0 Å². The number of hydrogen-bond donors (Lipinski definition) is 0. The zero-order chi connectivity index (χ0) is 21.2. The van der Waals surface area contributed by atoms with Crippen molar-refractivity contribution in [1.82, 2.24) is 8.61 Å². The Morgan fingerprint density at radius 1 is 0.966 bits per heavy atom. The maximum Gasteiger partial charge on any atom is 0.270 e. The van der Waals surface area contributed by atoms with Gasteiger partial charge in [0.05, 0.1) is 30.1 Å². The summed E-state index contributed by atoms with van der Waals surface area (Å²) < 4.78 is 58.0. The highest BCUT2D eigenvalue weighted by Crippen LogP contribution is 2.32. The zero-order valence-electron chi connectivity index (χ0n) is 16.1. The predicted octanol–water partition coefficient (Wildman–Crippen LogP) is 0.0874. The van der Waals surface area contributed by atoms with Crippen molar-refractivity contribution in [3.63, 3.8) is 0 Å². The van der Waals surface area contributed by atoms with Crippen LogP contribution in [0.3, 0.4) is 0 Å². The molecule has 0 saturated carbocycles. The van der Waals surface area contributed by atoms with E-state index >= 15 is 0 Å². The van der Waals surface area contributed by atoms with E-state index in [1.807, 2.05) is 0 Å². The lowest BCUT2D eigenvalue weighted by atomic mass is 10.2. The number of nitro groups is 1. The van der Waals surface area contributed by atoms with Gasteiger partial charge in [0.15, 0.2) is 0 Å². The highest BCUT2D eigenvalue weighted by atomic mass is 32.2. The smallest absolute Gasteiger partial charge is 0.270 e. The van der Waals surface area contributed by atoms with Gasteiger partial charge in [-0.2, -0.15) is 4.31 Å². The quantitative estimate of drug-likeness (QED) is 0.457. The van der Waals surface area contributed by atoms with Gasteiger partial charge >= 0.3 is 0 Å². The highest BCUT2D eigenvalue weighted by molar-refractivity contribution is 7.89. The van der Waals surface area contributed by atoms with E-state index in [-0.39, 0.29) is 50.0 Å². The molecule has 29 heavy (non-hydrogen) atoms. The molecule has 2 fully saturated rings. The van der Waals surface area contributed by atoms with Gasteiger partial charge < -0.3 is 9.64 Å². The maximum absolute atomic E-state index is 13.2. The van der Waals surface area contributed by atoms with Crippen LogP contribution in [0.25, 0.3) is 0 Å². The molecule has 3 rings (SSSR count). The standard InChI is InChI=1S/C16H24N4O7S2/c1-28(23,24)18-6-2-5-17(7-8-18)15-4-3-14(20(21)22)13-16(15)29(25,26)19-9-11-27-12-10-19/h3-4,13H,2,5-12H2,1H3. The second-order valence-electron chi connectivity index (χ2n) is 6.93. The van der Waals surface area contributed by atoms with Gasteiger partial charge in [0.2, 0.25) is 20.0 Å². The third-order valence-corrected chi connectivity index (χ3v) is 8.24. The molecule has 0 spiro atoms. The lowest BCUT2D eigenvalue weighted by Gasteiger charge is -2.30. The molecule has 0 atom stereocenters. The molecule has 1 aromatic carbocycles. The van der Waals surface area contributed by atoms with Gasteiger partial charge in [-0.25, -0.2) is 21.1 Å². The normalized spacial score (nSPS) is 20.4. The molecule has 0 bridgehead atoms. The molecule has 2 aliphatic rings. The Bertz CT molecular complexity index is 975. The van der Waals surface area contributed by atoms with Crippen LogP contribution in [0.2, 0.25) is 0 Å². The van der Waals surface area contributed by atoms with Crippen LogP contribution < -0.4 is 4.90 Å². The molecule has 0 radical (unpaired) electrons. The minimum atomic E-state index is -3.98. The summed E-state index contributed by atoms with van der Waals surface area (Å²) in [5, 5.41) is 11.2. The summed E-state index contributed by atoms with van der Waals surface area (Å²) in [5.74, 6) is 0. The largest absolute Gasteiger partial charge is 0.379 e. The summed E-state index contributed by atoms with van der Waals surface area (Å²) in [7, 11) is -7.33. The van der Waals surface area contributed by atoms with Crippen molar-refractivity contribution in [3.05, 3.63) is 28.3 Å². The number of ether oxygens (including phenoxy) is 1. The predicted molar refractivity (Wildman–Crippen MR) is 106 cm³/mol. The van der Waals surface area contributed by atoms with Gasteiger partial charge in [0.25, 0.3) is 5.69 Å². The van der Waals surface area contributed by atoms with Crippen molar-refractivity contribution >= 4 is 31.4 Å². The number of benzene rings is 1. The van der Waals surface area contributed by atoms with Crippen LogP contribution in [0.1, 0.15) is 6.42 Å². The zero-order valence-corrected chi connectivity index (χ0v) is 17.7. The average molecular weight is 449 g/mol. The molecule has 2 heterocycles. The number of hydrogen-bond acceptors (Lipinski definition) is 8. The Hall–Kier alpha value is -1.80. The van der Waals surface area contributed by atoms with E-state index in [0.29, 0.717) is 25.2 Å². The molecule has 2 aliphatic heterocycles. The molecule has 11 nitrogen and oxygen atoms in total. The van der Waals surface area contributed by atoms with Crippen LogP contribution in [0.15, 0.2) is 23.1 Å². The van der Waals surface area contributed by atoms with Crippen molar-refractivity contribution in [3.8, 4) is 0 Å². The summed E-state index contributed by atoms with van der Waals surface area (Å²) in [4.78, 5) is 12.3. The summed E-state index contributed by atoms with van der Waals surface area (Å²) >= 11 is 0. The first-order valence-corrected chi connectivity index (χ1v) is 12.5. The molecule has 0 unspecified atom stereocenters. The molecule has 13 heteroatoms. The number of anilines is 1. The first-order valence-electron chi connectivity index (χ1n) is 9.17. The van der Waals surface area contributed by atoms with E-state index in [4.69, 9.17) is 4.74 Å². The lowest BCUT2D eigenvalue weighted by molar-refractivity contribution is -0.385. The molecule has 1 aromatic rings. The third-order valence-electron chi connectivity index (χ3n) is 5.01. The molecule has 2 saturated heterocycles. The second kappa shape index (κ2) is 8.52. The van der Waals surface area contributed by atoms with Gasteiger partial charge in [-0.1, -0.05) is 0 Å². The van der Waals surface area contributed by atoms with Crippen molar-refractivity contribution in [2.75, 3.05) is 63.6 Å². The average Bonchev–Trinajstić information content (AvgIpc) is 2.94. The maximum atomic E-state index is 13.2. The first-order chi connectivity index (χ1) is 13.6. The highest BCUT2D eigenvalue weighted by Gasteiger charge is 2.32. The fourth-order valence-electron chi connectivity index (χ4n) is 3.48. The first kappa shape index (κ1) is 21.9. The number of sulfonamides is 2. The van der Waals surface area contributed by atoms with Crippen molar-refractivity contribution in [2.24, 2.45) is 0 Å². The van der Waals surface area contributed by atoms with E-state index < -0.39 is 25.0 Å². The fourth-order valence-corrected chi connectivity index (χ4v) is 5.99. The van der Waals surface area contributed by atoms with Crippen LogP contribution in [-0.4, -0.2) is 89.1 Å². The van der Waals surface area contributed by atoms with E-state index in [9.17, 15) is 26.9 Å². The Morgan fingerprint density at radius 3 is 2.28 bits per heavy atom. The van der Waals surface area contributed by atoms with E-state index in [1.165, 1.54) is 20.7 Å². The molecular weight excluding hydrogens is 424 g/mol. The van der Waals surface area contributed by atoms with Crippen molar-refractivity contribution in [2.45, 2.75) is 11.3 Å². The van der Waals surface area contributed by atoms with Crippen molar-refractivity contribution in [1.29, 1.82) is 0 Å². The Morgan fingerprint density at radius 2 is 1.66 bits per heavy atom. The van der Waals surface area contributed by atoms with Gasteiger partial charge in [-0.15, -0.1) is 0 Å². The molecule has 162 valence electrons. The Labute approximate surface area is 170 Å². The molecule has 0 aromatic heterocycles. The summed E-state index contributed by atoms with van der Waals surface area (Å²) in [6.07, 6.45) is 1.66. The van der Waals surface area contributed by atoms with Crippen LogP contribution in [0.5, 0.6) is 0 Å². The summed E-state index contributed by atoms with van der Waals surface area (Å²) in [6.45, 7) is 2.15. The summed E-state index contributed by atoms with van der Waals surface area (Å²) in [5.41, 5.74) is 0.0330. The SMILES string of the molecule is CS(=O)(=O)N1CCCN(c2ccc([N+](=O)[O-])cc2S(=O)(=O)N2CCOCC2)CC1. The summed E-state index contributed by atoms with van der Waals surface area (Å²) in [6, 6.07) is 3.79. The molecular formula is C16H24N4O7S2. The third kappa shape index (κ3) is 4.86. The number of non-ortho nitro benzene ring substituents is 1.